The second kappa shape index (κ2) is 5.35. The average molecular weight is 232 g/mol. The monoisotopic (exact) mass is 232 g/mol. The minimum absolute atomic E-state index is 0.00788. The summed E-state index contributed by atoms with van der Waals surface area (Å²) in [4.78, 5) is 13.6. The quantitative estimate of drug-likeness (QED) is 0.867. The summed E-state index contributed by atoms with van der Waals surface area (Å²) in [6, 6.07) is 6.90. The lowest BCUT2D eigenvalue weighted by atomic mass is 10.1. The van der Waals surface area contributed by atoms with Crippen molar-refractivity contribution in [2.75, 3.05) is 7.05 Å². The average Bonchev–Trinajstić information content (AvgIpc) is 2.31. The van der Waals surface area contributed by atoms with Crippen molar-refractivity contribution < 1.29 is 9.90 Å². The summed E-state index contributed by atoms with van der Waals surface area (Å²) in [6.45, 7) is 3.54. The number of carbonyl (C=O) groups excluding carboxylic acids is 1. The van der Waals surface area contributed by atoms with Crippen molar-refractivity contribution in [1.82, 2.24) is 4.90 Å². The van der Waals surface area contributed by atoms with E-state index < -0.39 is 0 Å². The third-order valence-electron chi connectivity index (χ3n) is 2.84. The maximum Gasteiger partial charge on any atom is 0.257 e. The van der Waals surface area contributed by atoms with Gasteiger partial charge >= 0.3 is 0 Å². The number of rotatable bonds is 3. The summed E-state index contributed by atoms with van der Waals surface area (Å²) >= 11 is 0. The van der Waals surface area contributed by atoms with Gasteiger partial charge in [0, 0.05) is 13.1 Å². The molecule has 0 saturated heterocycles. The van der Waals surface area contributed by atoms with Crippen molar-refractivity contribution in [3.8, 4) is 11.8 Å². The van der Waals surface area contributed by atoms with E-state index in [1.54, 1.807) is 39.1 Å². The summed E-state index contributed by atoms with van der Waals surface area (Å²) in [5.74, 6) is -0.262. The lowest BCUT2D eigenvalue weighted by molar-refractivity contribution is 0.0743. The molecule has 0 aliphatic heterocycles. The molecule has 1 aromatic rings. The first-order chi connectivity index (χ1) is 7.99. The van der Waals surface area contributed by atoms with E-state index in [1.807, 2.05) is 6.07 Å². The van der Waals surface area contributed by atoms with Gasteiger partial charge in [-0.15, -0.1) is 0 Å². The molecule has 0 aliphatic rings. The first-order valence-corrected chi connectivity index (χ1v) is 5.41. The van der Waals surface area contributed by atoms with Gasteiger partial charge in [-0.2, -0.15) is 5.26 Å². The highest BCUT2D eigenvalue weighted by Gasteiger charge is 2.20. The fraction of sp³-hybridized carbons (Fsp3) is 0.385. The van der Waals surface area contributed by atoms with Crippen LogP contribution in [0.4, 0.5) is 0 Å². The molecule has 1 N–H and O–H groups in total. The SMILES string of the molecule is Cc1cccc(C(=O)N(C)C(C)CC#N)c1O. The molecule has 17 heavy (non-hydrogen) atoms. The van der Waals surface area contributed by atoms with Crippen LogP contribution >= 0.6 is 0 Å². The fourth-order valence-electron chi connectivity index (χ4n) is 1.49. The lowest BCUT2D eigenvalue weighted by Crippen LogP contribution is -2.34. The van der Waals surface area contributed by atoms with Crippen molar-refractivity contribution in [3.05, 3.63) is 29.3 Å². The minimum Gasteiger partial charge on any atom is -0.507 e. The van der Waals surface area contributed by atoms with Crippen LogP contribution in [0.1, 0.15) is 29.3 Å². The van der Waals surface area contributed by atoms with Crippen molar-refractivity contribution in [1.29, 1.82) is 5.26 Å². The molecule has 1 aromatic carbocycles. The Kier molecular flexibility index (Phi) is 4.11. The standard InChI is InChI=1S/C13H16N2O2/c1-9-5-4-6-11(12(9)16)13(17)15(3)10(2)7-8-14/h4-6,10,16H,7H2,1-3H3. The molecular weight excluding hydrogens is 216 g/mol. The summed E-state index contributed by atoms with van der Waals surface area (Å²) in [6.07, 6.45) is 0.273. The van der Waals surface area contributed by atoms with E-state index in [2.05, 4.69) is 0 Å². The van der Waals surface area contributed by atoms with Crippen LogP contribution in [0.25, 0.3) is 0 Å². The van der Waals surface area contributed by atoms with Crippen LogP contribution in [0.3, 0.4) is 0 Å². The van der Waals surface area contributed by atoms with Gasteiger partial charge in [0.1, 0.15) is 5.75 Å². The smallest absolute Gasteiger partial charge is 0.257 e. The second-order valence-electron chi connectivity index (χ2n) is 4.10. The summed E-state index contributed by atoms with van der Waals surface area (Å²) in [7, 11) is 1.63. The summed E-state index contributed by atoms with van der Waals surface area (Å²) < 4.78 is 0. The largest absolute Gasteiger partial charge is 0.507 e. The number of aromatic hydroxyl groups is 1. The zero-order valence-electron chi connectivity index (χ0n) is 10.3. The Morgan fingerprint density at radius 1 is 1.59 bits per heavy atom. The highest BCUT2D eigenvalue weighted by Crippen LogP contribution is 2.23. The second-order valence-corrected chi connectivity index (χ2v) is 4.10. The Hall–Kier alpha value is -2.02. The van der Waals surface area contributed by atoms with Crippen LogP contribution in [0.15, 0.2) is 18.2 Å². The molecule has 0 aliphatic carbocycles. The van der Waals surface area contributed by atoms with Gasteiger partial charge in [0.15, 0.2) is 0 Å². The van der Waals surface area contributed by atoms with E-state index in [9.17, 15) is 9.90 Å². The van der Waals surface area contributed by atoms with E-state index >= 15 is 0 Å². The summed E-state index contributed by atoms with van der Waals surface area (Å²) in [5, 5.41) is 18.4. The van der Waals surface area contributed by atoms with Gasteiger partial charge in [-0.3, -0.25) is 4.79 Å². The molecule has 1 amide bonds. The third kappa shape index (κ3) is 2.76. The normalized spacial score (nSPS) is 11.6. The third-order valence-corrected chi connectivity index (χ3v) is 2.84. The molecule has 0 spiro atoms. The highest BCUT2D eigenvalue weighted by atomic mass is 16.3. The molecule has 4 nitrogen and oxygen atoms in total. The Balaban J connectivity index is 2.97. The molecule has 0 fully saturated rings. The van der Waals surface area contributed by atoms with E-state index in [4.69, 9.17) is 5.26 Å². The maximum absolute atomic E-state index is 12.1. The molecule has 1 rings (SSSR count). The Morgan fingerprint density at radius 2 is 2.24 bits per heavy atom. The Morgan fingerprint density at radius 3 is 2.82 bits per heavy atom. The van der Waals surface area contributed by atoms with Crippen LogP contribution in [0, 0.1) is 18.3 Å². The van der Waals surface area contributed by atoms with Crippen LogP contribution in [0.2, 0.25) is 0 Å². The van der Waals surface area contributed by atoms with Gasteiger partial charge in [-0.05, 0) is 25.5 Å². The van der Waals surface area contributed by atoms with Gasteiger partial charge in [0.05, 0.1) is 18.1 Å². The number of phenolic OH excluding ortho intramolecular Hbond substituents is 1. The lowest BCUT2D eigenvalue weighted by Gasteiger charge is -2.23. The van der Waals surface area contributed by atoms with Crippen molar-refractivity contribution >= 4 is 5.91 Å². The van der Waals surface area contributed by atoms with E-state index in [0.29, 0.717) is 5.56 Å². The number of amides is 1. The van der Waals surface area contributed by atoms with E-state index in [1.165, 1.54) is 4.90 Å². The first kappa shape index (κ1) is 13.0. The zero-order chi connectivity index (χ0) is 13.0. The highest BCUT2D eigenvalue weighted by molar-refractivity contribution is 5.97. The summed E-state index contributed by atoms with van der Waals surface area (Å²) in [5.41, 5.74) is 0.939. The molecule has 90 valence electrons. The number of para-hydroxylation sites is 1. The molecule has 0 saturated carbocycles. The van der Waals surface area contributed by atoms with E-state index in [-0.39, 0.29) is 29.7 Å². The number of aryl methyl sites for hydroxylation is 1. The van der Waals surface area contributed by atoms with Crippen LogP contribution < -0.4 is 0 Å². The Bertz CT molecular complexity index is 463. The Labute approximate surface area is 101 Å². The van der Waals surface area contributed by atoms with Gasteiger partial charge < -0.3 is 10.0 Å². The minimum atomic E-state index is -0.269. The van der Waals surface area contributed by atoms with Crippen LogP contribution in [0.5, 0.6) is 5.75 Å². The van der Waals surface area contributed by atoms with Crippen LogP contribution in [-0.2, 0) is 0 Å². The first-order valence-electron chi connectivity index (χ1n) is 5.41. The van der Waals surface area contributed by atoms with Crippen LogP contribution in [-0.4, -0.2) is 29.0 Å². The van der Waals surface area contributed by atoms with Crippen molar-refractivity contribution in [3.63, 3.8) is 0 Å². The van der Waals surface area contributed by atoms with Crippen molar-refractivity contribution in [2.24, 2.45) is 0 Å². The molecule has 0 heterocycles. The fourth-order valence-corrected chi connectivity index (χ4v) is 1.49. The van der Waals surface area contributed by atoms with Gasteiger partial charge in [-0.25, -0.2) is 0 Å². The molecule has 1 unspecified atom stereocenters. The molecule has 4 heteroatoms. The van der Waals surface area contributed by atoms with Crippen molar-refractivity contribution in [2.45, 2.75) is 26.3 Å². The number of carbonyl (C=O) groups is 1. The van der Waals surface area contributed by atoms with E-state index in [0.717, 1.165) is 0 Å². The predicted molar refractivity (Wildman–Crippen MR) is 64.6 cm³/mol. The predicted octanol–water partition coefficient (Wildman–Crippen LogP) is 2.07. The number of benzene rings is 1. The number of nitrogens with zero attached hydrogens (tertiary/aromatic N) is 2. The maximum atomic E-state index is 12.1. The molecule has 0 radical (unpaired) electrons. The topological polar surface area (TPSA) is 64.3 Å². The number of phenols is 1. The molecular formula is C13H16N2O2. The van der Waals surface area contributed by atoms with Gasteiger partial charge in [-0.1, -0.05) is 12.1 Å². The number of hydrogen-bond donors (Lipinski definition) is 1. The van der Waals surface area contributed by atoms with Gasteiger partial charge in [0.25, 0.3) is 5.91 Å². The molecule has 0 aromatic heterocycles. The zero-order valence-corrected chi connectivity index (χ0v) is 10.3. The van der Waals surface area contributed by atoms with Gasteiger partial charge in [0.2, 0.25) is 0 Å². The molecule has 0 bridgehead atoms. The number of hydrogen-bond acceptors (Lipinski definition) is 3. The number of nitriles is 1. The molecule has 1 atom stereocenters.